The fraction of sp³-hybridized carbons (Fsp3) is 0.700. The number of ether oxygens (including phenoxy) is 2. The molecular formula is C20H28F3NO2S. The largest absolute Gasteiger partial charge is 0.496 e. The van der Waals surface area contributed by atoms with Crippen LogP contribution in [0.4, 0.5) is 13.2 Å². The molecule has 3 nitrogen and oxygen atoms in total. The molecule has 7 heteroatoms. The lowest BCUT2D eigenvalue weighted by Gasteiger charge is -2.39. The quantitative estimate of drug-likeness (QED) is 0.618. The molecule has 27 heavy (non-hydrogen) atoms. The molecule has 1 saturated carbocycles. The van der Waals surface area contributed by atoms with E-state index in [1.807, 2.05) is 6.07 Å². The van der Waals surface area contributed by atoms with Gasteiger partial charge in [-0.25, -0.2) is 0 Å². The van der Waals surface area contributed by atoms with E-state index in [-0.39, 0.29) is 17.5 Å². The molecule has 1 aliphatic heterocycles. The fourth-order valence-corrected chi connectivity index (χ4v) is 5.08. The van der Waals surface area contributed by atoms with Crippen molar-refractivity contribution in [2.24, 2.45) is 0 Å². The highest BCUT2D eigenvalue weighted by Crippen LogP contribution is 2.44. The lowest BCUT2D eigenvalue weighted by molar-refractivity contribution is -0.0329. The van der Waals surface area contributed by atoms with Gasteiger partial charge < -0.3 is 9.47 Å². The number of rotatable bonds is 6. The van der Waals surface area contributed by atoms with Crippen LogP contribution >= 0.6 is 11.8 Å². The zero-order chi connectivity index (χ0) is 19.4. The number of hydrogen-bond acceptors (Lipinski definition) is 4. The molecule has 0 radical (unpaired) electrons. The van der Waals surface area contributed by atoms with Crippen LogP contribution in [0.5, 0.6) is 11.5 Å². The first-order valence-corrected chi connectivity index (χ1v) is 10.6. The van der Waals surface area contributed by atoms with Gasteiger partial charge in [0.15, 0.2) is 0 Å². The third-order valence-corrected chi connectivity index (χ3v) is 6.55. The van der Waals surface area contributed by atoms with Gasteiger partial charge in [-0.3, -0.25) is 4.90 Å². The second kappa shape index (κ2) is 8.95. The summed E-state index contributed by atoms with van der Waals surface area (Å²) in [5.74, 6) is 1.37. The number of thioether (sulfide) groups is 1. The molecule has 0 spiro atoms. The van der Waals surface area contributed by atoms with Crippen LogP contribution < -0.4 is 9.47 Å². The Morgan fingerprint density at radius 1 is 1.00 bits per heavy atom. The second-order valence-electron chi connectivity index (χ2n) is 7.34. The van der Waals surface area contributed by atoms with E-state index in [0.29, 0.717) is 29.0 Å². The lowest BCUT2D eigenvalue weighted by atomic mass is 9.78. The van der Waals surface area contributed by atoms with Crippen molar-refractivity contribution in [2.75, 3.05) is 27.3 Å². The van der Waals surface area contributed by atoms with Crippen molar-refractivity contribution in [2.45, 2.75) is 61.7 Å². The van der Waals surface area contributed by atoms with Gasteiger partial charge in [-0.1, -0.05) is 12.8 Å². The van der Waals surface area contributed by atoms with Crippen molar-refractivity contribution in [3.8, 4) is 11.5 Å². The minimum Gasteiger partial charge on any atom is -0.496 e. The summed E-state index contributed by atoms with van der Waals surface area (Å²) in [5, 5.41) is 0. The Kier molecular flexibility index (Phi) is 6.84. The number of alkyl halides is 3. The first-order valence-electron chi connectivity index (χ1n) is 9.62. The average Bonchev–Trinajstić information content (AvgIpc) is 3.19. The number of benzene rings is 1. The zero-order valence-corrected chi connectivity index (χ0v) is 16.8. The summed E-state index contributed by atoms with van der Waals surface area (Å²) in [6.45, 7) is 2.28. The molecule has 0 amide bonds. The summed E-state index contributed by atoms with van der Waals surface area (Å²) < 4.78 is 49.0. The predicted octanol–water partition coefficient (Wildman–Crippen LogP) is 5.58. The molecule has 152 valence electrons. The average molecular weight is 404 g/mol. The van der Waals surface area contributed by atoms with Gasteiger partial charge in [-0.05, 0) is 62.7 Å². The third kappa shape index (κ3) is 5.05. The van der Waals surface area contributed by atoms with Crippen LogP contribution in [0.2, 0.25) is 0 Å². The predicted molar refractivity (Wildman–Crippen MR) is 103 cm³/mol. The number of likely N-dealkylation sites (tertiary alicyclic amines) is 1. The minimum atomic E-state index is -4.26. The van der Waals surface area contributed by atoms with Gasteiger partial charge in [-0.15, -0.1) is 0 Å². The van der Waals surface area contributed by atoms with E-state index >= 15 is 0 Å². The van der Waals surface area contributed by atoms with Gasteiger partial charge in [0.25, 0.3) is 0 Å². The molecule has 2 aliphatic rings. The van der Waals surface area contributed by atoms with Gasteiger partial charge in [0.2, 0.25) is 0 Å². The van der Waals surface area contributed by atoms with Gasteiger partial charge in [0.05, 0.1) is 14.2 Å². The van der Waals surface area contributed by atoms with E-state index in [1.165, 1.54) is 39.2 Å². The zero-order valence-electron chi connectivity index (χ0n) is 16.0. The van der Waals surface area contributed by atoms with E-state index in [0.717, 1.165) is 25.1 Å². The van der Waals surface area contributed by atoms with Crippen LogP contribution in [-0.4, -0.2) is 43.8 Å². The Morgan fingerprint density at radius 2 is 1.67 bits per heavy atom. The Morgan fingerprint density at radius 3 is 2.30 bits per heavy atom. The molecular weight excluding hydrogens is 375 g/mol. The summed E-state index contributed by atoms with van der Waals surface area (Å²) in [6.07, 6.45) is 7.15. The first kappa shape index (κ1) is 20.6. The monoisotopic (exact) mass is 403 g/mol. The SMILES string of the molecule is COc1cc(C2CCCCC2N2CCCC2)c(OC)cc1CSC(F)(F)F. The van der Waals surface area contributed by atoms with Gasteiger partial charge in [-0.2, -0.15) is 13.2 Å². The van der Waals surface area contributed by atoms with Gasteiger partial charge in [0.1, 0.15) is 11.5 Å². The molecule has 1 aliphatic carbocycles. The molecule has 0 bridgehead atoms. The summed E-state index contributed by atoms with van der Waals surface area (Å²) in [4.78, 5) is 2.59. The van der Waals surface area contributed by atoms with E-state index < -0.39 is 5.51 Å². The van der Waals surface area contributed by atoms with Crippen LogP contribution in [0, 0.1) is 0 Å². The molecule has 2 unspecified atom stereocenters. The molecule has 2 fully saturated rings. The molecule has 0 N–H and O–H groups in total. The topological polar surface area (TPSA) is 21.7 Å². The van der Waals surface area contributed by atoms with Crippen molar-refractivity contribution in [3.05, 3.63) is 23.3 Å². The Hall–Kier alpha value is -1.08. The van der Waals surface area contributed by atoms with Crippen molar-refractivity contribution in [1.82, 2.24) is 4.90 Å². The lowest BCUT2D eigenvalue weighted by Crippen LogP contribution is -2.39. The standard InChI is InChI=1S/C20H28F3NO2S/c1-25-18-12-16(19(26-2)11-14(18)13-27-20(21,22)23)15-7-3-4-8-17(15)24-9-5-6-10-24/h11-12,15,17H,3-10,13H2,1-2H3. The third-order valence-electron chi connectivity index (χ3n) is 5.76. The normalized spacial score (nSPS) is 24.2. The molecule has 1 saturated heterocycles. The number of nitrogens with zero attached hydrogens (tertiary/aromatic N) is 1. The van der Waals surface area contributed by atoms with Crippen LogP contribution in [0.15, 0.2) is 12.1 Å². The Bertz CT molecular complexity index is 632. The molecule has 1 aromatic carbocycles. The maximum atomic E-state index is 12.6. The number of hydrogen-bond donors (Lipinski definition) is 0. The molecule has 2 atom stereocenters. The van der Waals surface area contributed by atoms with E-state index in [1.54, 1.807) is 13.2 Å². The Labute approximate surface area is 163 Å². The highest BCUT2D eigenvalue weighted by atomic mass is 32.2. The van der Waals surface area contributed by atoms with Crippen LogP contribution in [0.1, 0.15) is 55.6 Å². The second-order valence-corrected chi connectivity index (χ2v) is 8.38. The fourth-order valence-electron chi connectivity index (χ4n) is 4.53. The van der Waals surface area contributed by atoms with Gasteiger partial charge in [0, 0.05) is 28.8 Å². The van der Waals surface area contributed by atoms with Crippen LogP contribution in [0.25, 0.3) is 0 Å². The number of methoxy groups -OCH3 is 2. The van der Waals surface area contributed by atoms with Crippen LogP contribution in [-0.2, 0) is 5.75 Å². The van der Waals surface area contributed by atoms with Crippen LogP contribution in [0.3, 0.4) is 0 Å². The van der Waals surface area contributed by atoms with E-state index in [4.69, 9.17) is 9.47 Å². The highest BCUT2D eigenvalue weighted by molar-refractivity contribution is 7.99. The summed E-state index contributed by atoms with van der Waals surface area (Å²) in [7, 11) is 3.12. The smallest absolute Gasteiger partial charge is 0.442 e. The van der Waals surface area contributed by atoms with E-state index in [9.17, 15) is 13.2 Å². The molecule has 3 rings (SSSR count). The molecule has 1 heterocycles. The number of halogens is 3. The van der Waals surface area contributed by atoms with Crippen molar-refractivity contribution >= 4 is 11.8 Å². The van der Waals surface area contributed by atoms with Crippen molar-refractivity contribution in [3.63, 3.8) is 0 Å². The van der Waals surface area contributed by atoms with E-state index in [2.05, 4.69) is 4.90 Å². The first-order chi connectivity index (χ1) is 12.9. The molecule has 0 aromatic heterocycles. The Balaban J connectivity index is 1.90. The highest BCUT2D eigenvalue weighted by Gasteiger charge is 2.35. The maximum absolute atomic E-state index is 12.6. The van der Waals surface area contributed by atoms with Crippen molar-refractivity contribution < 1.29 is 22.6 Å². The summed E-state index contributed by atoms with van der Waals surface area (Å²) in [5.41, 5.74) is -2.66. The molecule has 1 aromatic rings. The maximum Gasteiger partial charge on any atom is 0.442 e. The summed E-state index contributed by atoms with van der Waals surface area (Å²) in [6, 6.07) is 4.14. The summed E-state index contributed by atoms with van der Waals surface area (Å²) >= 11 is -0.0460. The minimum absolute atomic E-state index is 0.0460. The van der Waals surface area contributed by atoms with Gasteiger partial charge >= 0.3 is 5.51 Å². The van der Waals surface area contributed by atoms with Crippen molar-refractivity contribution in [1.29, 1.82) is 0 Å².